The predicted octanol–water partition coefficient (Wildman–Crippen LogP) is 2.62. The molecule has 7 amide bonds. The Labute approximate surface area is 311 Å². The molecule has 2 aromatic rings. The lowest BCUT2D eigenvalue weighted by atomic mass is 9.85. The molecule has 53 heavy (non-hydrogen) atoms. The number of anilines is 1. The SMILES string of the molecule is CCCC(NC(=O)[C@@H]1C2C(CN1C(=O)[C@@H](NC(=O)Nc1ccccc1)C(C)(C)C)C2(C)C)C(=O)C(=O)NCC(=O)N[C@H](C(=O)N(C)C)c1ccccc1. The van der Waals surface area contributed by atoms with Gasteiger partial charge >= 0.3 is 6.03 Å². The molecule has 0 spiro atoms. The fourth-order valence-electron chi connectivity index (χ4n) is 7.07. The van der Waals surface area contributed by atoms with Crippen LogP contribution in [-0.2, 0) is 28.8 Å². The molecule has 1 saturated heterocycles. The van der Waals surface area contributed by atoms with Crippen molar-refractivity contribution in [1.29, 1.82) is 0 Å². The van der Waals surface area contributed by atoms with Gasteiger partial charge in [0.15, 0.2) is 0 Å². The molecule has 2 aliphatic rings. The van der Waals surface area contributed by atoms with Crippen LogP contribution in [0.25, 0.3) is 0 Å². The second-order valence-electron chi connectivity index (χ2n) is 15.7. The summed E-state index contributed by atoms with van der Waals surface area (Å²) in [6.45, 7) is 11.0. The maximum Gasteiger partial charge on any atom is 0.319 e. The number of amides is 7. The van der Waals surface area contributed by atoms with Crippen LogP contribution in [0.4, 0.5) is 10.5 Å². The molecule has 0 radical (unpaired) electrons. The average molecular weight is 732 g/mol. The molecule has 14 nitrogen and oxygen atoms in total. The van der Waals surface area contributed by atoms with Gasteiger partial charge in [0, 0.05) is 26.3 Å². The first-order valence-electron chi connectivity index (χ1n) is 18.0. The monoisotopic (exact) mass is 731 g/mol. The minimum atomic E-state index is -1.21. The van der Waals surface area contributed by atoms with E-state index in [2.05, 4.69) is 26.6 Å². The number of likely N-dealkylation sites (N-methyl/N-ethyl adjacent to an activating group) is 1. The molecule has 1 aliphatic heterocycles. The molecule has 4 rings (SSSR count). The Balaban J connectivity index is 1.44. The minimum Gasteiger partial charge on any atom is -0.347 e. The van der Waals surface area contributed by atoms with E-state index in [4.69, 9.17) is 0 Å². The highest BCUT2D eigenvalue weighted by Gasteiger charge is 2.70. The number of piperidine rings is 1. The Morgan fingerprint density at radius 2 is 1.49 bits per heavy atom. The Hall–Kier alpha value is -5.27. The van der Waals surface area contributed by atoms with Crippen LogP contribution in [-0.4, -0.2) is 96.5 Å². The van der Waals surface area contributed by atoms with Crippen molar-refractivity contribution >= 4 is 47.0 Å². The van der Waals surface area contributed by atoms with Gasteiger partial charge in [-0.25, -0.2) is 4.79 Å². The summed E-state index contributed by atoms with van der Waals surface area (Å²) in [5.41, 5.74) is 0.140. The zero-order valence-electron chi connectivity index (χ0n) is 31.8. The van der Waals surface area contributed by atoms with Gasteiger partial charge in [-0.05, 0) is 46.8 Å². The van der Waals surface area contributed by atoms with E-state index in [-0.39, 0.29) is 29.6 Å². The lowest BCUT2D eigenvalue weighted by Gasteiger charge is -2.37. The number of rotatable bonds is 14. The van der Waals surface area contributed by atoms with E-state index in [0.29, 0.717) is 24.2 Å². The lowest BCUT2D eigenvalue weighted by Crippen LogP contribution is -2.61. The number of para-hydroxylation sites is 1. The van der Waals surface area contributed by atoms with E-state index in [1.54, 1.807) is 75.6 Å². The number of hydrogen-bond donors (Lipinski definition) is 5. The number of Topliss-reactive ketones (excluding diaryl/α,β-unsaturated/α-hetero) is 1. The molecule has 1 saturated carbocycles. The predicted molar refractivity (Wildman–Crippen MR) is 199 cm³/mol. The highest BCUT2D eigenvalue weighted by Crippen LogP contribution is 2.65. The second kappa shape index (κ2) is 16.6. The molecule has 6 atom stereocenters. The van der Waals surface area contributed by atoms with Crippen LogP contribution in [0.5, 0.6) is 0 Å². The molecule has 2 fully saturated rings. The normalized spacial score (nSPS) is 20.1. The average Bonchev–Trinajstić information content (AvgIpc) is 3.41. The number of nitrogens with zero attached hydrogens (tertiary/aromatic N) is 2. The Bertz CT molecular complexity index is 1690. The Kier molecular flexibility index (Phi) is 12.7. The van der Waals surface area contributed by atoms with Crippen molar-refractivity contribution in [2.75, 3.05) is 32.5 Å². The molecule has 3 unspecified atom stereocenters. The third kappa shape index (κ3) is 9.59. The third-order valence-corrected chi connectivity index (χ3v) is 10.1. The fourth-order valence-corrected chi connectivity index (χ4v) is 7.07. The first-order chi connectivity index (χ1) is 24.9. The van der Waals surface area contributed by atoms with Crippen LogP contribution in [0.2, 0.25) is 0 Å². The number of fused-ring (bicyclic) bond motifs is 1. The van der Waals surface area contributed by atoms with Gasteiger partial charge in [-0.15, -0.1) is 0 Å². The summed E-state index contributed by atoms with van der Waals surface area (Å²) >= 11 is 0. The topological polar surface area (TPSA) is 186 Å². The van der Waals surface area contributed by atoms with Crippen LogP contribution in [0, 0.1) is 22.7 Å². The summed E-state index contributed by atoms with van der Waals surface area (Å²) in [6.07, 6.45) is 0.592. The van der Waals surface area contributed by atoms with Crippen molar-refractivity contribution in [3.8, 4) is 0 Å². The fraction of sp³-hybridized carbons (Fsp3) is 0.513. The molecule has 1 aliphatic carbocycles. The van der Waals surface area contributed by atoms with Gasteiger partial charge in [0.1, 0.15) is 18.1 Å². The van der Waals surface area contributed by atoms with Crippen molar-refractivity contribution in [2.45, 2.75) is 78.6 Å². The van der Waals surface area contributed by atoms with Gasteiger partial charge in [-0.1, -0.05) is 96.5 Å². The highest BCUT2D eigenvalue weighted by molar-refractivity contribution is 6.38. The molecular formula is C39H53N7O7. The zero-order valence-corrected chi connectivity index (χ0v) is 31.8. The standard InChI is InChI=1S/C39H53N7O7/c1-9-16-26(31(48)34(50)40-21-27(47)43-29(35(51)45(7)8)23-17-12-10-13-18-23)42-33(49)30-28-25(39(28,5)6)22-46(30)36(52)32(38(2,3)4)44-37(53)41-24-19-14-11-15-20-24/h10-15,17-20,25-26,28-30,32H,9,16,21-22H2,1-8H3,(H,40,50)(H,42,49)(H,43,47)(H2,41,44,53)/t25?,26?,28?,29-,30-,32+/m0/s1. The van der Waals surface area contributed by atoms with Crippen LogP contribution in [0.3, 0.4) is 0 Å². The number of carbonyl (C=O) groups is 7. The van der Waals surface area contributed by atoms with Crippen molar-refractivity contribution in [2.24, 2.45) is 22.7 Å². The summed E-state index contributed by atoms with van der Waals surface area (Å²) in [5.74, 6) is -4.22. The number of carbonyl (C=O) groups excluding carboxylic acids is 7. The number of ketones is 1. The minimum absolute atomic E-state index is 0.0298. The number of likely N-dealkylation sites (tertiary alicyclic amines) is 1. The summed E-state index contributed by atoms with van der Waals surface area (Å²) in [5, 5.41) is 13.2. The quantitative estimate of drug-likeness (QED) is 0.185. The maximum absolute atomic E-state index is 14.2. The molecule has 14 heteroatoms. The smallest absolute Gasteiger partial charge is 0.319 e. The van der Waals surface area contributed by atoms with Crippen LogP contribution in [0.15, 0.2) is 60.7 Å². The largest absolute Gasteiger partial charge is 0.347 e. The van der Waals surface area contributed by atoms with Crippen LogP contribution < -0.4 is 26.6 Å². The van der Waals surface area contributed by atoms with Gasteiger partial charge in [-0.3, -0.25) is 28.8 Å². The molecular weight excluding hydrogens is 678 g/mol. The van der Waals surface area contributed by atoms with Gasteiger partial charge in [0.2, 0.25) is 29.4 Å². The molecule has 286 valence electrons. The van der Waals surface area contributed by atoms with E-state index >= 15 is 0 Å². The zero-order chi connectivity index (χ0) is 39.2. The molecule has 2 aromatic carbocycles. The van der Waals surface area contributed by atoms with E-state index in [0.717, 1.165) is 0 Å². The number of urea groups is 1. The number of nitrogens with one attached hydrogen (secondary N) is 5. The highest BCUT2D eigenvalue weighted by atomic mass is 16.2. The Morgan fingerprint density at radius 3 is 2.06 bits per heavy atom. The van der Waals surface area contributed by atoms with E-state index in [9.17, 15) is 33.6 Å². The second-order valence-corrected chi connectivity index (χ2v) is 15.7. The summed E-state index contributed by atoms with van der Waals surface area (Å²) in [7, 11) is 3.12. The number of benzene rings is 2. The van der Waals surface area contributed by atoms with Crippen molar-refractivity contribution in [3.63, 3.8) is 0 Å². The van der Waals surface area contributed by atoms with Crippen LogP contribution >= 0.6 is 0 Å². The lowest BCUT2D eigenvalue weighted by molar-refractivity contribution is -0.145. The van der Waals surface area contributed by atoms with Gasteiger partial charge < -0.3 is 36.4 Å². The van der Waals surface area contributed by atoms with Gasteiger partial charge in [-0.2, -0.15) is 0 Å². The van der Waals surface area contributed by atoms with Gasteiger partial charge in [0.05, 0.1) is 12.6 Å². The van der Waals surface area contributed by atoms with Gasteiger partial charge in [0.25, 0.3) is 5.91 Å². The third-order valence-electron chi connectivity index (χ3n) is 10.1. The van der Waals surface area contributed by atoms with Crippen LogP contribution in [0.1, 0.15) is 66.0 Å². The van der Waals surface area contributed by atoms with Crippen molar-refractivity contribution < 1.29 is 33.6 Å². The van der Waals surface area contributed by atoms with E-state index in [1.807, 2.05) is 40.7 Å². The first-order valence-corrected chi connectivity index (χ1v) is 18.0. The maximum atomic E-state index is 14.2. The number of hydrogen-bond acceptors (Lipinski definition) is 7. The Morgan fingerprint density at radius 1 is 0.887 bits per heavy atom. The molecule has 0 aromatic heterocycles. The van der Waals surface area contributed by atoms with Crippen molar-refractivity contribution in [1.82, 2.24) is 31.1 Å². The van der Waals surface area contributed by atoms with E-state index < -0.39 is 71.6 Å². The molecule has 0 bridgehead atoms. The molecule has 1 heterocycles. The summed E-state index contributed by atoms with van der Waals surface area (Å²) in [4.78, 5) is 96.3. The van der Waals surface area contributed by atoms with Crippen molar-refractivity contribution in [3.05, 3.63) is 66.2 Å². The molecule has 5 N–H and O–H groups in total. The summed E-state index contributed by atoms with van der Waals surface area (Å²) in [6, 6.07) is 12.7. The van der Waals surface area contributed by atoms with E-state index in [1.165, 1.54) is 9.80 Å². The first kappa shape index (κ1) is 40.5. The summed E-state index contributed by atoms with van der Waals surface area (Å²) < 4.78 is 0.